The maximum atomic E-state index is 14.8. The lowest BCUT2D eigenvalue weighted by atomic mass is 10.0. The number of hydrogen-bond acceptors (Lipinski definition) is 8. The van der Waals surface area contributed by atoms with E-state index in [1.54, 1.807) is 30.3 Å². The Balaban J connectivity index is 1.29. The van der Waals surface area contributed by atoms with E-state index in [1.807, 2.05) is 30.7 Å². The number of benzene rings is 1. The second-order valence-electron chi connectivity index (χ2n) is 12.8. The third-order valence-electron chi connectivity index (χ3n) is 9.63. The summed E-state index contributed by atoms with van der Waals surface area (Å²) in [5, 5.41) is 13.9. The average Bonchev–Trinajstić information content (AvgIpc) is 3.60. The lowest BCUT2D eigenvalue weighted by Gasteiger charge is -2.34. The number of pyridine rings is 2. The molecule has 6 heterocycles. The third kappa shape index (κ3) is 5.56. The molecule has 48 heavy (non-hydrogen) atoms. The topological polar surface area (TPSA) is 153 Å². The Morgan fingerprint density at radius 1 is 1.12 bits per heavy atom. The fraction of sp³-hybridized carbons (Fsp3) is 0.400. The van der Waals surface area contributed by atoms with E-state index in [4.69, 9.17) is 20.4 Å². The van der Waals surface area contributed by atoms with E-state index < -0.39 is 29.9 Å². The number of aliphatic hydroxyl groups excluding tert-OH is 1. The lowest BCUT2D eigenvalue weighted by Crippen LogP contribution is -2.53. The van der Waals surface area contributed by atoms with E-state index in [1.165, 1.54) is 0 Å². The van der Waals surface area contributed by atoms with Crippen molar-refractivity contribution in [3.05, 3.63) is 70.9 Å². The van der Waals surface area contributed by atoms with E-state index in [0.717, 1.165) is 47.7 Å². The highest BCUT2D eigenvalue weighted by atomic mass is 19.1. The van der Waals surface area contributed by atoms with Gasteiger partial charge in [0, 0.05) is 49.9 Å². The summed E-state index contributed by atoms with van der Waals surface area (Å²) in [5.41, 5.74) is 10.8. The van der Waals surface area contributed by atoms with Crippen molar-refractivity contribution in [1.29, 1.82) is 0 Å². The van der Waals surface area contributed by atoms with Crippen LogP contribution in [0.4, 0.5) is 4.39 Å². The maximum absolute atomic E-state index is 14.8. The van der Waals surface area contributed by atoms with Crippen molar-refractivity contribution < 1.29 is 23.8 Å². The molecule has 0 unspecified atom stereocenters. The largest absolute Gasteiger partial charge is 0.494 e. The number of methoxy groups -OCH3 is 1. The number of nitrogens with two attached hydrogens (primary N) is 1. The second kappa shape index (κ2) is 12.6. The summed E-state index contributed by atoms with van der Waals surface area (Å²) in [6.45, 7) is 3.18. The molecule has 2 aliphatic heterocycles. The summed E-state index contributed by atoms with van der Waals surface area (Å²) in [6.07, 6.45) is 5.41. The zero-order chi connectivity index (χ0) is 33.7. The van der Waals surface area contributed by atoms with E-state index >= 15 is 0 Å². The van der Waals surface area contributed by atoms with Crippen molar-refractivity contribution in [2.45, 2.75) is 63.8 Å². The molecule has 0 aliphatic carbocycles. The van der Waals surface area contributed by atoms with E-state index in [9.17, 15) is 19.1 Å². The van der Waals surface area contributed by atoms with Gasteiger partial charge in [0.15, 0.2) is 11.6 Å². The van der Waals surface area contributed by atoms with Gasteiger partial charge in [-0.3, -0.25) is 14.6 Å². The highest BCUT2D eigenvalue weighted by molar-refractivity contribution is 6.00. The van der Waals surface area contributed by atoms with Crippen LogP contribution in [0.15, 0.2) is 42.7 Å². The summed E-state index contributed by atoms with van der Waals surface area (Å²) in [5.74, 6) is -0.0941. The monoisotopic (exact) mass is 654 g/mol. The average molecular weight is 655 g/mol. The first kappa shape index (κ1) is 31.7. The number of hydrogen-bond donors (Lipinski definition) is 3. The predicted molar refractivity (Wildman–Crippen MR) is 178 cm³/mol. The number of piperidine rings is 1. The number of nitrogens with zero attached hydrogens (tertiary/aromatic N) is 6. The van der Waals surface area contributed by atoms with E-state index in [0.29, 0.717) is 59.8 Å². The molecule has 1 fully saturated rings. The number of aliphatic hydroxyl groups is 1. The van der Waals surface area contributed by atoms with Crippen LogP contribution >= 0.6 is 0 Å². The zero-order valence-corrected chi connectivity index (χ0v) is 27.2. The molecular weight excluding hydrogens is 615 g/mol. The number of carbonyl (C=O) groups is 2. The smallest absolute Gasteiger partial charge is 0.255 e. The summed E-state index contributed by atoms with van der Waals surface area (Å²) in [7, 11) is 3.50. The number of fused-ring (bicyclic) bond motifs is 3. The van der Waals surface area contributed by atoms with Crippen LogP contribution in [0, 0.1) is 5.82 Å². The Hall–Kier alpha value is -4.88. The predicted octanol–water partition coefficient (Wildman–Crippen LogP) is 3.88. The minimum atomic E-state index is -0.627. The number of ether oxygens (including phenoxy) is 1. The molecule has 0 spiro atoms. The molecule has 0 radical (unpaired) electrons. The van der Waals surface area contributed by atoms with Gasteiger partial charge in [0.1, 0.15) is 16.9 Å². The van der Waals surface area contributed by atoms with Crippen molar-refractivity contribution in [2.75, 3.05) is 20.2 Å². The maximum Gasteiger partial charge on any atom is 0.255 e. The first-order valence-electron chi connectivity index (χ1n) is 16.4. The Morgan fingerprint density at radius 2 is 1.96 bits per heavy atom. The number of carbonyl (C=O) groups excluding carboxylic acids is 2. The molecule has 1 aromatic carbocycles. The zero-order valence-electron chi connectivity index (χ0n) is 27.2. The van der Waals surface area contributed by atoms with Gasteiger partial charge < -0.3 is 34.9 Å². The lowest BCUT2D eigenvalue weighted by molar-refractivity contribution is 0.0459. The van der Waals surface area contributed by atoms with Gasteiger partial charge in [0.05, 0.1) is 47.9 Å². The third-order valence-corrected chi connectivity index (χ3v) is 9.63. The van der Waals surface area contributed by atoms with Crippen molar-refractivity contribution in [3.63, 3.8) is 0 Å². The number of rotatable bonds is 3. The first-order valence-corrected chi connectivity index (χ1v) is 16.4. The number of halogens is 1. The number of likely N-dealkylation sites (tertiary alicyclic amines) is 1. The van der Waals surface area contributed by atoms with E-state index in [-0.39, 0.29) is 18.0 Å². The Kier molecular flexibility index (Phi) is 8.34. The van der Waals surface area contributed by atoms with Crippen LogP contribution in [-0.4, -0.2) is 78.3 Å². The van der Waals surface area contributed by atoms with Crippen LogP contribution in [0.5, 0.6) is 5.75 Å². The van der Waals surface area contributed by atoms with Crippen molar-refractivity contribution >= 4 is 33.9 Å². The number of aromatic nitrogens is 5. The Labute approximate surface area is 276 Å². The Bertz CT molecular complexity index is 2060. The molecule has 12 nitrogen and oxygen atoms in total. The molecule has 7 rings (SSSR count). The molecule has 2 bridgehead atoms. The number of nitrogens with one attached hydrogen (secondary N) is 1. The van der Waals surface area contributed by atoms with Gasteiger partial charge in [-0.05, 0) is 68.5 Å². The molecular formula is C35H39FN8O4. The second-order valence-corrected chi connectivity index (χ2v) is 12.8. The van der Waals surface area contributed by atoms with Gasteiger partial charge in [-0.15, -0.1) is 0 Å². The van der Waals surface area contributed by atoms with Crippen molar-refractivity contribution in [1.82, 2.24) is 34.3 Å². The van der Waals surface area contributed by atoms with Gasteiger partial charge in [-0.2, -0.15) is 0 Å². The normalized spacial score (nSPS) is 20.5. The number of aryl methyl sites for hydroxylation is 3. The SMILES string of the molecule is COc1cc(C(=O)N2CC[C@@H](O)[C@@H](N)C2)cc2nc(-c3cc4ccc5nc4n3CCCCCc3cncc(F)c3C(=O)N[C@@H]5C)n(C)c12. The number of imidazole rings is 1. The molecule has 250 valence electrons. The summed E-state index contributed by atoms with van der Waals surface area (Å²) < 4.78 is 24.7. The molecule has 2 amide bonds. The summed E-state index contributed by atoms with van der Waals surface area (Å²) >= 11 is 0. The van der Waals surface area contributed by atoms with Gasteiger partial charge in [-0.1, -0.05) is 6.42 Å². The van der Waals surface area contributed by atoms with Gasteiger partial charge in [-0.25, -0.2) is 14.4 Å². The van der Waals surface area contributed by atoms with Crippen LogP contribution < -0.4 is 15.8 Å². The van der Waals surface area contributed by atoms with Crippen LogP contribution in [-0.2, 0) is 20.0 Å². The van der Waals surface area contributed by atoms with Crippen LogP contribution in [0.3, 0.4) is 0 Å². The Morgan fingerprint density at radius 3 is 2.75 bits per heavy atom. The van der Waals surface area contributed by atoms with Crippen LogP contribution in [0.25, 0.3) is 33.6 Å². The minimum Gasteiger partial charge on any atom is -0.494 e. The molecule has 4 N–H and O–H groups in total. The molecule has 5 aromatic rings. The standard InChI is InChI=1S/C35H39FN8O4/c1-19-25-9-8-20-14-27(44(32(20)40-25)11-6-4-5-7-21-16-38-17-23(36)30(21)34(46)39-19)33-41-26-13-22(15-29(48-3)31(26)42(33)2)35(47)43-12-10-28(45)24(37)18-43/h8-9,13-17,19,24,28,45H,4-7,10-12,18,37H2,1-3H3,(H,39,46)/t19-,24+,28-/m1/s1. The van der Waals surface area contributed by atoms with Gasteiger partial charge >= 0.3 is 0 Å². The highest BCUT2D eigenvalue weighted by Crippen LogP contribution is 2.35. The summed E-state index contributed by atoms with van der Waals surface area (Å²) in [6, 6.07) is 8.44. The van der Waals surface area contributed by atoms with Gasteiger partial charge in [0.25, 0.3) is 11.8 Å². The summed E-state index contributed by atoms with van der Waals surface area (Å²) in [4.78, 5) is 42.5. The first-order chi connectivity index (χ1) is 23.1. The van der Waals surface area contributed by atoms with Crippen LogP contribution in [0.2, 0.25) is 0 Å². The number of amides is 2. The van der Waals surface area contributed by atoms with Gasteiger partial charge in [0.2, 0.25) is 0 Å². The molecule has 0 saturated carbocycles. The quantitative estimate of drug-likeness (QED) is 0.265. The van der Waals surface area contributed by atoms with Crippen LogP contribution in [0.1, 0.15) is 70.6 Å². The molecule has 4 aromatic heterocycles. The molecule has 3 atom stereocenters. The molecule has 13 heteroatoms. The fourth-order valence-corrected chi connectivity index (χ4v) is 6.97. The fourth-order valence-electron chi connectivity index (χ4n) is 6.97. The van der Waals surface area contributed by atoms with Crippen molar-refractivity contribution in [3.8, 4) is 17.3 Å². The minimum absolute atomic E-state index is 0.0427. The molecule has 2 aliphatic rings. The molecule has 1 saturated heterocycles. The van der Waals surface area contributed by atoms with E-state index in [2.05, 4.69) is 20.9 Å². The van der Waals surface area contributed by atoms with Crippen molar-refractivity contribution in [2.24, 2.45) is 12.8 Å². The highest BCUT2D eigenvalue weighted by Gasteiger charge is 2.30.